The van der Waals surface area contributed by atoms with Gasteiger partial charge in [-0.25, -0.2) is 10.1 Å². The Bertz CT molecular complexity index is 1430. The summed E-state index contributed by atoms with van der Waals surface area (Å²) in [7, 11) is 3.95. The molecule has 0 spiro atoms. The van der Waals surface area contributed by atoms with Crippen LogP contribution in [-0.4, -0.2) is 24.3 Å². The van der Waals surface area contributed by atoms with Gasteiger partial charge in [0, 0.05) is 63.9 Å². The van der Waals surface area contributed by atoms with Crippen molar-refractivity contribution in [1.29, 1.82) is 0 Å². The van der Waals surface area contributed by atoms with E-state index in [4.69, 9.17) is 0 Å². The van der Waals surface area contributed by atoms with Crippen molar-refractivity contribution in [2.75, 3.05) is 0 Å². The molecule has 0 bridgehead atoms. The zero-order valence-electron chi connectivity index (χ0n) is 15.3. The molecule has 5 aromatic rings. The van der Waals surface area contributed by atoms with Gasteiger partial charge >= 0.3 is 0 Å². The van der Waals surface area contributed by atoms with E-state index in [9.17, 15) is 4.79 Å². The summed E-state index contributed by atoms with van der Waals surface area (Å²) in [5.41, 5.74) is 3.85. The van der Waals surface area contributed by atoms with E-state index in [0.717, 1.165) is 37.4 Å². The summed E-state index contributed by atoms with van der Waals surface area (Å²) < 4.78 is 5.01. The lowest BCUT2D eigenvalue weighted by atomic mass is 10.1. The molecule has 0 unspecified atom stereocenters. The van der Waals surface area contributed by atoms with Gasteiger partial charge in [-0.2, -0.15) is 5.10 Å². The van der Waals surface area contributed by atoms with Crippen molar-refractivity contribution < 1.29 is 0 Å². The summed E-state index contributed by atoms with van der Waals surface area (Å²) in [6.07, 6.45) is 3.92. The maximum absolute atomic E-state index is 12.6. The Labute approximate surface area is 168 Å². The van der Waals surface area contributed by atoms with Gasteiger partial charge in [0.2, 0.25) is 0 Å². The number of hydrogen-bond acceptors (Lipinski definition) is 3. The number of aromatic nitrogens is 5. The Balaban J connectivity index is 1.77. The zero-order chi connectivity index (χ0) is 19.4. The van der Waals surface area contributed by atoms with Crippen LogP contribution in [0.1, 0.15) is 0 Å². The van der Waals surface area contributed by atoms with Gasteiger partial charge in [-0.3, -0.25) is 4.79 Å². The number of rotatable bonds is 2. The molecule has 3 heterocycles. The molecule has 0 saturated carbocycles. The molecule has 0 amide bonds. The van der Waals surface area contributed by atoms with E-state index >= 15 is 0 Å². The van der Waals surface area contributed by atoms with Crippen LogP contribution in [0.25, 0.3) is 44.5 Å². The molecule has 5 rings (SSSR count). The Morgan fingerprint density at radius 1 is 0.929 bits per heavy atom. The monoisotopic (exact) mass is 433 g/mol. The molecule has 0 radical (unpaired) electrons. The lowest BCUT2D eigenvalue weighted by Gasteiger charge is -2.02. The Kier molecular flexibility index (Phi) is 3.73. The predicted octanol–water partition coefficient (Wildman–Crippen LogP) is 4.24. The number of fused-ring (bicyclic) bond motifs is 2. The van der Waals surface area contributed by atoms with Crippen molar-refractivity contribution >= 4 is 37.7 Å². The zero-order valence-corrected chi connectivity index (χ0v) is 16.9. The normalized spacial score (nSPS) is 11.5. The van der Waals surface area contributed by atoms with Crippen LogP contribution in [-0.2, 0) is 14.1 Å². The maximum atomic E-state index is 12.6. The van der Waals surface area contributed by atoms with Gasteiger partial charge in [0.15, 0.2) is 5.82 Å². The third kappa shape index (κ3) is 2.51. The van der Waals surface area contributed by atoms with E-state index in [1.807, 2.05) is 78.1 Å². The van der Waals surface area contributed by atoms with Gasteiger partial charge < -0.3 is 9.13 Å². The minimum absolute atomic E-state index is 0.304. The van der Waals surface area contributed by atoms with Crippen molar-refractivity contribution in [1.82, 2.24) is 24.3 Å². The van der Waals surface area contributed by atoms with Crippen LogP contribution in [0.3, 0.4) is 0 Å². The van der Waals surface area contributed by atoms with Gasteiger partial charge in [-0.1, -0.05) is 34.1 Å². The second-order valence-corrected chi connectivity index (χ2v) is 7.74. The number of aryl methyl sites for hydroxylation is 2. The smallest absolute Gasteiger partial charge is 0.290 e. The summed E-state index contributed by atoms with van der Waals surface area (Å²) in [6, 6.07) is 14.1. The SMILES string of the molecule is Cn1cc(-c2n[nH]c(=O)c(-c3cn(C)c4ccccc34)n2)c2cc(Br)ccc21. The highest BCUT2D eigenvalue weighted by atomic mass is 79.9. The summed E-state index contributed by atoms with van der Waals surface area (Å²) >= 11 is 3.53. The average Bonchev–Trinajstić information content (AvgIpc) is 3.20. The van der Waals surface area contributed by atoms with Crippen LogP contribution in [0.5, 0.6) is 0 Å². The summed E-state index contributed by atoms with van der Waals surface area (Å²) in [4.78, 5) is 17.2. The average molecular weight is 434 g/mol. The predicted molar refractivity (Wildman–Crippen MR) is 114 cm³/mol. The topological polar surface area (TPSA) is 68.5 Å². The molecule has 6 nitrogen and oxygen atoms in total. The minimum Gasteiger partial charge on any atom is -0.350 e. The molecule has 0 aliphatic heterocycles. The number of H-pyrrole nitrogens is 1. The first-order chi connectivity index (χ1) is 13.5. The van der Waals surface area contributed by atoms with E-state index < -0.39 is 0 Å². The molecule has 138 valence electrons. The number of aromatic amines is 1. The first-order valence-electron chi connectivity index (χ1n) is 8.79. The van der Waals surface area contributed by atoms with Crippen LogP contribution >= 0.6 is 15.9 Å². The fourth-order valence-corrected chi connectivity index (χ4v) is 4.08. The fraction of sp³-hybridized carbons (Fsp3) is 0.0952. The molecule has 0 aliphatic carbocycles. The van der Waals surface area contributed by atoms with Crippen LogP contribution in [0.15, 0.2) is 64.1 Å². The molecule has 0 saturated heterocycles. The van der Waals surface area contributed by atoms with Crippen molar-refractivity contribution in [3.63, 3.8) is 0 Å². The second kappa shape index (κ2) is 6.17. The third-order valence-corrected chi connectivity index (χ3v) is 5.53. The number of halogens is 1. The highest BCUT2D eigenvalue weighted by Gasteiger charge is 2.17. The Hall–Kier alpha value is -3.19. The van der Waals surface area contributed by atoms with E-state index in [-0.39, 0.29) is 5.56 Å². The molecule has 0 aliphatic rings. The number of nitrogens with zero attached hydrogens (tertiary/aromatic N) is 4. The van der Waals surface area contributed by atoms with Gasteiger partial charge in [0.05, 0.1) is 0 Å². The lowest BCUT2D eigenvalue weighted by Crippen LogP contribution is -2.14. The fourth-order valence-electron chi connectivity index (χ4n) is 3.71. The summed E-state index contributed by atoms with van der Waals surface area (Å²) in [6.45, 7) is 0. The first-order valence-corrected chi connectivity index (χ1v) is 9.58. The molecule has 1 N–H and O–H groups in total. The van der Waals surface area contributed by atoms with E-state index in [0.29, 0.717) is 11.5 Å². The van der Waals surface area contributed by atoms with E-state index in [1.165, 1.54) is 0 Å². The minimum atomic E-state index is -0.304. The summed E-state index contributed by atoms with van der Waals surface area (Å²) in [5, 5.41) is 8.87. The van der Waals surface area contributed by atoms with E-state index in [2.05, 4.69) is 31.1 Å². The number of para-hydroxylation sites is 1. The van der Waals surface area contributed by atoms with E-state index in [1.54, 1.807) is 0 Å². The number of nitrogens with one attached hydrogen (secondary N) is 1. The van der Waals surface area contributed by atoms with Gasteiger partial charge in [0.25, 0.3) is 5.56 Å². The van der Waals surface area contributed by atoms with Crippen LogP contribution in [0.4, 0.5) is 0 Å². The third-order valence-electron chi connectivity index (χ3n) is 5.04. The molecule has 0 atom stereocenters. The molecular formula is C21H16BrN5O. The second-order valence-electron chi connectivity index (χ2n) is 6.82. The van der Waals surface area contributed by atoms with Crippen molar-refractivity contribution in [3.8, 4) is 22.6 Å². The van der Waals surface area contributed by atoms with Gasteiger partial charge in [-0.15, -0.1) is 0 Å². The molecule has 3 aromatic heterocycles. The quantitative estimate of drug-likeness (QED) is 0.452. The number of hydrogen-bond donors (Lipinski definition) is 1. The van der Waals surface area contributed by atoms with Crippen LogP contribution < -0.4 is 5.56 Å². The highest BCUT2D eigenvalue weighted by Crippen LogP contribution is 2.32. The molecular weight excluding hydrogens is 418 g/mol. The van der Waals surface area contributed by atoms with Crippen molar-refractivity contribution in [2.24, 2.45) is 14.1 Å². The van der Waals surface area contributed by atoms with Gasteiger partial charge in [0.1, 0.15) is 5.69 Å². The molecule has 7 heteroatoms. The largest absolute Gasteiger partial charge is 0.350 e. The Morgan fingerprint density at radius 2 is 1.64 bits per heavy atom. The lowest BCUT2D eigenvalue weighted by molar-refractivity contribution is 0.935. The van der Waals surface area contributed by atoms with Crippen LogP contribution in [0.2, 0.25) is 0 Å². The highest BCUT2D eigenvalue weighted by molar-refractivity contribution is 9.10. The van der Waals surface area contributed by atoms with Crippen molar-refractivity contribution in [3.05, 3.63) is 69.7 Å². The number of benzene rings is 2. The molecule has 0 fully saturated rings. The van der Waals surface area contributed by atoms with Gasteiger partial charge in [-0.05, 0) is 24.3 Å². The van der Waals surface area contributed by atoms with Crippen LogP contribution in [0, 0.1) is 0 Å². The standard InChI is InChI=1S/C21H16BrN5O/c1-26-10-15(13-5-3-4-6-17(13)26)19-21(28)25-24-20(23-19)16-11-27(2)18-8-7-12(22)9-14(16)18/h3-11H,1-2H3,(H,25,28). The molecule has 2 aromatic carbocycles. The maximum Gasteiger partial charge on any atom is 0.290 e. The Morgan fingerprint density at radius 3 is 2.46 bits per heavy atom. The molecule has 28 heavy (non-hydrogen) atoms. The summed E-state index contributed by atoms with van der Waals surface area (Å²) in [5.74, 6) is 0.492. The van der Waals surface area contributed by atoms with Crippen molar-refractivity contribution in [2.45, 2.75) is 0 Å². The first kappa shape index (κ1) is 16.9.